The first-order valence-corrected chi connectivity index (χ1v) is 10.5. The number of likely N-dealkylation sites (tertiary alicyclic amines) is 1. The van der Waals surface area contributed by atoms with Crippen LogP contribution in [0.1, 0.15) is 30.0 Å². The number of hydrogen-bond acceptors (Lipinski definition) is 7. The highest BCUT2D eigenvalue weighted by molar-refractivity contribution is 7.91. The lowest BCUT2D eigenvalue weighted by molar-refractivity contribution is -0.192. The first-order valence-electron chi connectivity index (χ1n) is 8.80. The summed E-state index contributed by atoms with van der Waals surface area (Å²) in [6.45, 7) is 3.40. The van der Waals surface area contributed by atoms with Gasteiger partial charge in [-0.3, -0.25) is 0 Å². The molecule has 156 valence electrons. The molecule has 2 fully saturated rings. The number of carbonyl (C=O) groups is 1. The molecule has 1 aromatic rings. The fourth-order valence-electron chi connectivity index (χ4n) is 3.82. The quantitative estimate of drug-likeness (QED) is 0.716. The number of anilines is 1. The summed E-state index contributed by atoms with van der Waals surface area (Å²) in [7, 11) is -1.09. The number of alkyl halides is 3. The number of likely N-dealkylation sites (N-methyl/N-ethyl adjacent to an activating group) is 1. The summed E-state index contributed by atoms with van der Waals surface area (Å²) < 4.78 is 56.6. The Morgan fingerprint density at radius 2 is 1.86 bits per heavy atom. The predicted molar refractivity (Wildman–Crippen MR) is 93.8 cm³/mol. The molecule has 1 N–H and O–H groups in total. The van der Waals surface area contributed by atoms with Crippen molar-refractivity contribution in [3.63, 3.8) is 0 Å². The van der Waals surface area contributed by atoms with Gasteiger partial charge in [0, 0.05) is 43.9 Å². The van der Waals surface area contributed by atoms with E-state index in [1.165, 1.54) is 12.8 Å². The fraction of sp³-hybridized carbons (Fsp3) is 0.688. The monoisotopic (exact) mass is 422 g/mol. The van der Waals surface area contributed by atoms with Gasteiger partial charge in [-0.15, -0.1) is 0 Å². The molecule has 4 heterocycles. The molecular weight excluding hydrogens is 401 g/mol. The van der Waals surface area contributed by atoms with E-state index in [0.717, 1.165) is 36.8 Å². The summed E-state index contributed by atoms with van der Waals surface area (Å²) in [4.78, 5) is 22.4. The molecule has 4 rings (SSSR count). The predicted octanol–water partition coefficient (Wildman–Crippen LogP) is 1.04. The van der Waals surface area contributed by atoms with E-state index in [1.807, 2.05) is 7.05 Å². The maximum Gasteiger partial charge on any atom is 0.490 e. The van der Waals surface area contributed by atoms with Gasteiger partial charge >= 0.3 is 12.1 Å². The normalized spacial score (nSPS) is 26.2. The van der Waals surface area contributed by atoms with Gasteiger partial charge in [-0.25, -0.2) is 23.2 Å². The van der Waals surface area contributed by atoms with E-state index in [-0.39, 0.29) is 16.9 Å². The molecule has 0 amide bonds. The number of halogens is 3. The Labute approximate surface area is 160 Å². The first kappa shape index (κ1) is 20.8. The van der Waals surface area contributed by atoms with E-state index in [1.54, 1.807) is 6.20 Å². The SMILES string of the molecule is CN1C[C@@H]2c3nc(N4CCCC4)ncc3CS(=O)(=O)[C@@H]2C1.O=C(O)C(F)(F)F. The Morgan fingerprint density at radius 3 is 2.43 bits per heavy atom. The fourth-order valence-corrected chi connectivity index (χ4v) is 5.89. The summed E-state index contributed by atoms with van der Waals surface area (Å²) in [5, 5.41) is 6.83. The van der Waals surface area contributed by atoms with Crippen LogP contribution in [0.15, 0.2) is 6.20 Å². The Bertz CT molecular complexity index is 856. The molecule has 0 unspecified atom stereocenters. The molecule has 3 aliphatic rings. The van der Waals surface area contributed by atoms with Crippen LogP contribution in [0.5, 0.6) is 0 Å². The van der Waals surface area contributed by atoms with Gasteiger partial charge in [-0.05, 0) is 19.9 Å². The molecule has 0 saturated carbocycles. The maximum absolute atomic E-state index is 12.4. The zero-order valence-electron chi connectivity index (χ0n) is 15.2. The molecule has 2 atom stereocenters. The van der Waals surface area contributed by atoms with E-state index in [9.17, 15) is 21.6 Å². The van der Waals surface area contributed by atoms with Gasteiger partial charge in [0.1, 0.15) is 0 Å². The molecule has 3 aliphatic heterocycles. The van der Waals surface area contributed by atoms with Crippen molar-refractivity contribution >= 4 is 21.8 Å². The molecular formula is C16H21F3N4O4S. The molecule has 0 spiro atoms. The minimum Gasteiger partial charge on any atom is -0.475 e. The summed E-state index contributed by atoms with van der Waals surface area (Å²) in [5.41, 5.74) is 1.77. The molecule has 28 heavy (non-hydrogen) atoms. The van der Waals surface area contributed by atoms with Crippen molar-refractivity contribution in [1.29, 1.82) is 0 Å². The number of aromatic nitrogens is 2. The molecule has 8 nitrogen and oxygen atoms in total. The van der Waals surface area contributed by atoms with Gasteiger partial charge in [-0.1, -0.05) is 0 Å². The largest absolute Gasteiger partial charge is 0.490 e. The summed E-state index contributed by atoms with van der Waals surface area (Å²) in [6, 6.07) is 0. The van der Waals surface area contributed by atoms with Crippen LogP contribution < -0.4 is 4.90 Å². The summed E-state index contributed by atoms with van der Waals surface area (Å²) >= 11 is 0. The minimum absolute atomic E-state index is 0.00750. The Hall–Kier alpha value is -1.95. The van der Waals surface area contributed by atoms with E-state index in [0.29, 0.717) is 6.54 Å². The Balaban J connectivity index is 0.000000279. The van der Waals surface area contributed by atoms with E-state index >= 15 is 0 Å². The summed E-state index contributed by atoms with van der Waals surface area (Å²) in [6.07, 6.45) is -0.977. The van der Waals surface area contributed by atoms with Crippen LogP contribution in [0.25, 0.3) is 0 Å². The topological polar surface area (TPSA) is 104 Å². The minimum atomic E-state index is -5.08. The molecule has 0 aromatic carbocycles. The Morgan fingerprint density at radius 1 is 1.25 bits per heavy atom. The lowest BCUT2D eigenvalue weighted by Gasteiger charge is -2.27. The number of rotatable bonds is 1. The number of nitrogens with zero attached hydrogens (tertiary/aromatic N) is 4. The van der Waals surface area contributed by atoms with E-state index in [2.05, 4.69) is 14.8 Å². The van der Waals surface area contributed by atoms with Crippen molar-refractivity contribution in [2.45, 2.75) is 35.9 Å². The average Bonchev–Trinajstić information content (AvgIpc) is 3.24. The van der Waals surface area contributed by atoms with Crippen LogP contribution >= 0.6 is 0 Å². The molecule has 0 bridgehead atoms. The number of hydrogen-bond donors (Lipinski definition) is 1. The van der Waals surface area contributed by atoms with E-state index < -0.39 is 22.0 Å². The zero-order valence-corrected chi connectivity index (χ0v) is 16.0. The van der Waals surface area contributed by atoms with Crippen molar-refractivity contribution < 1.29 is 31.5 Å². The van der Waals surface area contributed by atoms with Crippen molar-refractivity contribution in [3.8, 4) is 0 Å². The second-order valence-electron chi connectivity index (χ2n) is 7.25. The van der Waals surface area contributed by atoms with Gasteiger partial charge in [0.2, 0.25) is 5.95 Å². The molecule has 1 aromatic heterocycles. The van der Waals surface area contributed by atoms with Gasteiger partial charge in [-0.2, -0.15) is 13.2 Å². The second-order valence-corrected chi connectivity index (χ2v) is 9.47. The molecule has 0 radical (unpaired) electrons. The molecule has 0 aliphatic carbocycles. The van der Waals surface area contributed by atoms with Gasteiger partial charge in [0.05, 0.1) is 16.7 Å². The zero-order chi connectivity index (χ0) is 20.7. The third-order valence-corrected chi connectivity index (χ3v) is 7.25. The van der Waals surface area contributed by atoms with Crippen molar-refractivity contribution in [3.05, 3.63) is 17.5 Å². The number of carboxylic acid groups (broad SMARTS) is 1. The van der Waals surface area contributed by atoms with Gasteiger partial charge in [0.15, 0.2) is 9.84 Å². The highest BCUT2D eigenvalue weighted by Crippen LogP contribution is 2.39. The first-order chi connectivity index (χ1) is 13.0. The Kier molecular flexibility index (Phi) is 5.54. The number of sulfone groups is 1. The summed E-state index contributed by atoms with van der Waals surface area (Å²) in [5.74, 6) is -1.88. The third-order valence-electron chi connectivity index (χ3n) is 5.13. The average molecular weight is 422 g/mol. The molecule has 2 saturated heterocycles. The standard InChI is InChI=1S/C14H20N4O2S.C2HF3O2/c1-17-7-11-12(8-17)21(19,20)9-10-6-15-14(16-13(10)11)18-4-2-3-5-18;3-2(4,5)1(6)7/h6,11-12H,2-5,7-9H2,1H3;(H,6,7)/t11-,12+;/m0./s1. The maximum atomic E-state index is 12.4. The number of fused-ring (bicyclic) bond motifs is 3. The van der Waals surface area contributed by atoms with Crippen LogP contribution in [-0.2, 0) is 20.4 Å². The van der Waals surface area contributed by atoms with Crippen LogP contribution in [-0.4, -0.2) is 79.0 Å². The number of carboxylic acids is 1. The second kappa shape index (κ2) is 7.47. The highest BCUT2D eigenvalue weighted by atomic mass is 32.2. The lowest BCUT2D eigenvalue weighted by Crippen LogP contribution is -2.35. The van der Waals surface area contributed by atoms with Crippen molar-refractivity contribution in [2.24, 2.45) is 0 Å². The van der Waals surface area contributed by atoms with Crippen LogP contribution in [0.3, 0.4) is 0 Å². The highest BCUT2D eigenvalue weighted by Gasteiger charge is 2.46. The van der Waals surface area contributed by atoms with Gasteiger partial charge < -0.3 is 14.9 Å². The molecule has 12 heteroatoms. The lowest BCUT2D eigenvalue weighted by atomic mass is 10.00. The van der Waals surface area contributed by atoms with Crippen LogP contribution in [0.2, 0.25) is 0 Å². The van der Waals surface area contributed by atoms with E-state index in [4.69, 9.17) is 14.9 Å². The third kappa shape index (κ3) is 4.22. The number of aliphatic carboxylic acids is 1. The van der Waals surface area contributed by atoms with Crippen molar-refractivity contribution in [2.75, 3.05) is 38.1 Å². The van der Waals surface area contributed by atoms with Crippen LogP contribution in [0, 0.1) is 0 Å². The van der Waals surface area contributed by atoms with Crippen LogP contribution in [0.4, 0.5) is 19.1 Å². The van der Waals surface area contributed by atoms with Gasteiger partial charge in [0.25, 0.3) is 0 Å². The van der Waals surface area contributed by atoms with Crippen molar-refractivity contribution in [1.82, 2.24) is 14.9 Å². The smallest absolute Gasteiger partial charge is 0.475 e.